The Bertz CT molecular complexity index is 768. The van der Waals surface area contributed by atoms with Crippen molar-refractivity contribution in [1.29, 1.82) is 0 Å². The summed E-state index contributed by atoms with van der Waals surface area (Å²) in [7, 11) is 0. The topological polar surface area (TPSA) is 70.7 Å². The number of nitrogens with zero attached hydrogens (tertiary/aromatic N) is 2. The summed E-state index contributed by atoms with van der Waals surface area (Å²) in [5.74, 6) is 0.413. The van der Waals surface area contributed by atoms with Gasteiger partial charge in [0.2, 0.25) is 5.95 Å². The van der Waals surface area contributed by atoms with Gasteiger partial charge in [-0.2, -0.15) is 0 Å². The van der Waals surface area contributed by atoms with Crippen LogP contribution in [0.25, 0.3) is 0 Å². The molecule has 0 spiro atoms. The van der Waals surface area contributed by atoms with Crippen molar-refractivity contribution in [2.24, 2.45) is 0 Å². The SMILES string of the molecule is O=c1[nH]c(NCCc2ccccc2)nnc1Cc1cccs1. The third-order valence-electron chi connectivity index (χ3n) is 3.24. The van der Waals surface area contributed by atoms with Crippen molar-refractivity contribution in [3.63, 3.8) is 0 Å². The second-order valence-corrected chi connectivity index (χ2v) is 5.90. The molecule has 5 nitrogen and oxygen atoms in total. The van der Waals surface area contributed by atoms with Crippen LogP contribution in [0.4, 0.5) is 5.95 Å². The number of rotatable bonds is 6. The number of nitrogens with one attached hydrogen (secondary N) is 2. The minimum absolute atomic E-state index is 0.189. The van der Waals surface area contributed by atoms with Crippen LogP contribution in [0.1, 0.15) is 16.1 Å². The van der Waals surface area contributed by atoms with E-state index in [1.54, 1.807) is 11.3 Å². The highest BCUT2D eigenvalue weighted by atomic mass is 32.1. The van der Waals surface area contributed by atoms with E-state index < -0.39 is 0 Å². The zero-order valence-electron chi connectivity index (χ0n) is 12.0. The highest BCUT2D eigenvalue weighted by molar-refractivity contribution is 7.09. The van der Waals surface area contributed by atoms with E-state index in [4.69, 9.17) is 0 Å². The van der Waals surface area contributed by atoms with Crippen molar-refractivity contribution in [2.75, 3.05) is 11.9 Å². The summed E-state index contributed by atoms with van der Waals surface area (Å²) >= 11 is 1.61. The molecule has 0 aliphatic carbocycles. The van der Waals surface area contributed by atoms with Gasteiger partial charge in [0, 0.05) is 17.8 Å². The van der Waals surface area contributed by atoms with E-state index in [1.807, 2.05) is 35.7 Å². The van der Waals surface area contributed by atoms with Crippen molar-refractivity contribution in [3.8, 4) is 0 Å². The summed E-state index contributed by atoms with van der Waals surface area (Å²) in [5, 5.41) is 13.1. The minimum Gasteiger partial charge on any atom is -0.354 e. The second-order valence-electron chi connectivity index (χ2n) is 4.87. The van der Waals surface area contributed by atoms with Gasteiger partial charge in [0.1, 0.15) is 5.69 Å². The summed E-state index contributed by atoms with van der Waals surface area (Å²) in [4.78, 5) is 15.8. The summed E-state index contributed by atoms with van der Waals surface area (Å²) in [6.45, 7) is 0.693. The highest BCUT2D eigenvalue weighted by Crippen LogP contribution is 2.11. The summed E-state index contributed by atoms with van der Waals surface area (Å²) in [5.41, 5.74) is 1.49. The van der Waals surface area contributed by atoms with Crippen molar-refractivity contribution in [3.05, 3.63) is 74.3 Å². The van der Waals surface area contributed by atoms with Crippen molar-refractivity contribution in [2.45, 2.75) is 12.8 Å². The van der Waals surface area contributed by atoms with E-state index in [2.05, 4.69) is 32.6 Å². The Hall–Kier alpha value is -2.47. The van der Waals surface area contributed by atoms with E-state index in [-0.39, 0.29) is 5.56 Å². The molecule has 2 aromatic heterocycles. The molecule has 22 heavy (non-hydrogen) atoms. The zero-order valence-corrected chi connectivity index (χ0v) is 12.8. The van der Waals surface area contributed by atoms with Crippen LogP contribution in [0.3, 0.4) is 0 Å². The molecule has 3 aromatic rings. The maximum atomic E-state index is 12.0. The number of anilines is 1. The molecule has 2 N–H and O–H groups in total. The van der Waals surface area contributed by atoms with Gasteiger partial charge >= 0.3 is 0 Å². The molecule has 0 bridgehead atoms. The molecule has 0 atom stereocenters. The first-order valence-electron chi connectivity index (χ1n) is 7.07. The lowest BCUT2D eigenvalue weighted by Gasteiger charge is -2.05. The maximum absolute atomic E-state index is 12.0. The Morgan fingerprint density at radius 2 is 1.95 bits per heavy atom. The van der Waals surface area contributed by atoms with Gasteiger partial charge in [-0.25, -0.2) is 0 Å². The first-order valence-corrected chi connectivity index (χ1v) is 7.95. The Balaban J connectivity index is 1.59. The molecule has 0 aliphatic heterocycles. The van der Waals surface area contributed by atoms with Crippen LogP contribution in [0.2, 0.25) is 0 Å². The third-order valence-corrected chi connectivity index (χ3v) is 4.11. The van der Waals surface area contributed by atoms with Gasteiger partial charge in [-0.15, -0.1) is 21.5 Å². The molecule has 112 valence electrons. The molecule has 0 unspecified atom stereocenters. The van der Waals surface area contributed by atoms with Gasteiger partial charge in [0.15, 0.2) is 0 Å². The van der Waals surface area contributed by atoms with Crippen LogP contribution >= 0.6 is 11.3 Å². The van der Waals surface area contributed by atoms with Crippen molar-refractivity contribution >= 4 is 17.3 Å². The molecule has 0 amide bonds. The fourth-order valence-electron chi connectivity index (χ4n) is 2.10. The lowest BCUT2D eigenvalue weighted by atomic mass is 10.1. The Kier molecular flexibility index (Phi) is 4.60. The van der Waals surface area contributed by atoms with Gasteiger partial charge in [-0.05, 0) is 23.4 Å². The second kappa shape index (κ2) is 7.00. The molecule has 0 aliphatic rings. The quantitative estimate of drug-likeness (QED) is 0.733. The smallest absolute Gasteiger partial charge is 0.274 e. The number of hydrogen-bond acceptors (Lipinski definition) is 5. The average Bonchev–Trinajstić information content (AvgIpc) is 3.04. The first kappa shape index (κ1) is 14.5. The third kappa shape index (κ3) is 3.79. The van der Waals surface area contributed by atoms with Gasteiger partial charge in [0.05, 0.1) is 0 Å². The van der Waals surface area contributed by atoms with E-state index in [0.29, 0.717) is 24.6 Å². The normalized spacial score (nSPS) is 10.5. The van der Waals surface area contributed by atoms with E-state index in [9.17, 15) is 4.79 Å². The molecule has 0 radical (unpaired) electrons. The van der Waals surface area contributed by atoms with Gasteiger partial charge in [-0.1, -0.05) is 36.4 Å². The molecule has 6 heteroatoms. The highest BCUT2D eigenvalue weighted by Gasteiger charge is 2.06. The summed E-state index contributed by atoms with van der Waals surface area (Å²) in [6, 6.07) is 14.1. The first-order chi connectivity index (χ1) is 10.8. The summed E-state index contributed by atoms with van der Waals surface area (Å²) in [6.07, 6.45) is 1.38. The molecule has 0 saturated heterocycles. The predicted octanol–water partition coefficient (Wildman–Crippen LogP) is 2.47. The largest absolute Gasteiger partial charge is 0.354 e. The Morgan fingerprint density at radius 3 is 2.68 bits per heavy atom. The number of aromatic nitrogens is 3. The number of thiophene rings is 1. The van der Waals surface area contributed by atoms with Crippen molar-refractivity contribution < 1.29 is 0 Å². The van der Waals surface area contributed by atoms with Gasteiger partial charge in [-0.3, -0.25) is 9.78 Å². The fraction of sp³-hybridized carbons (Fsp3) is 0.188. The van der Waals surface area contributed by atoms with Crippen LogP contribution in [0.5, 0.6) is 0 Å². The Labute approximate surface area is 132 Å². The standard InChI is InChI=1S/C16H16N4OS/c21-15-14(11-13-7-4-10-22-13)19-20-16(18-15)17-9-8-12-5-2-1-3-6-12/h1-7,10H,8-9,11H2,(H2,17,18,20,21). The maximum Gasteiger partial charge on any atom is 0.274 e. The number of benzene rings is 1. The Morgan fingerprint density at radius 1 is 1.09 bits per heavy atom. The van der Waals surface area contributed by atoms with Crippen LogP contribution in [0.15, 0.2) is 52.6 Å². The minimum atomic E-state index is -0.189. The van der Waals surface area contributed by atoms with E-state index in [0.717, 1.165) is 11.3 Å². The predicted molar refractivity (Wildman–Crippen MR) is 88.4 cm³/mol. The molecular formula is C16H16N4OS. The lowest BCUT2D eigenvalue weighted by Crippen LogP contribution is -2.20. The molecule has 2 heterocycles. The zero-order chi connectivity index (χ0) is 15.2. The van der Waals surface area contributed by atoms with Crippen LogP contribution in [-0.2, 0) is 12.8 Å². The van der Waals surface area contributed by atoms with Crippen LogP contribution in [0, 0.1) is 0 Å². The summed E-state index contributed by atoms with van der Waals surface area (Å²) < 4.78 is 0. The van der Waals surface area contributed by atoms with E-state index >= 15 is 0 Å². The molecule has 0 fully saturated rings. The van der Waals surface area contributed by atoms with Crippen molar-refractivity contribution in [1.82, 2.24) is 15.2 Å². The number of aromatic amines is 1. The number of hydrogen-bond donors (Lipinski definition) is 2. The van der Waals surface area contributed by atoms with Crippen LogP contribution < -0.4 is 10.9 Å². The molecule has 3 rings (SSSR count). The van der Waals surface area contributed by atoms with Gasteiger partial charge < -0.3 is 5.32 Å². The van der Waals surface area contributed by atoms with E-state index in [1.165, 1.54) is 5.56 Å². The fourth-order valence-corrected chi connectivity index (χ4v) is 2.81. The number of H-pyrrole nitrogens is 1. The van der Waals surface area contributed by atoms with Crippen LogP contribution in [-0.4, -0.2) is 21.7 Å². The monoisotopic (exact) mass is 312 g/mol. The average molecular weight is 312 g/mol. The van der Waals surface area contributed by atoms with Gasteiger partial charge in [0.25, 0.3) is 5.56 Å². The molecule has 0 saturated carbocycles. The lowest BCUT2D eigenvalue weighted by molar-refractivity contribution is 0.858. The molecular weight excluding hydrogens is 296 g/mol. The molecule has 1 aromatic carbocycles.